The molecule has 6 aromatic rings. The van der Waals surface area contributed by atoms with Gasteiger partial charge >= 0.3 is 6.18 Å². The van der Waals surface area contributed by atoms with Crippen molar-refractivity contribution in [3.8, 4) is 11.5 Å². The van der Waals surface area contributed by atoms with E-state index < -0.39 is 11.6 Å². The number of rotatable bonds is 3. The minimum Gasteiger partial charge on any atom is -0.441 e. The predicted octanol–water partition coefficient (Wildman–Crippen LogP) is 10.8. The summed E-state index contributed by atoms with van der Waals surface area (Å²) in [6.07, 6.45) is -2.59. The van der Waals surface area contributed by atoms with Crippen LogP contribution in [0.4, 0.5) is 13.2 Å². The van der Waals surface area contributed by atoms with Crippen molar-refractivity contribution in [1.29, 1.82) is 0 Å². The van der Waals surface area contributed by atoms with Gasteiger partial charge in [-0.3, -0.25) is 0 Å². The number of nitrogens with zero attached hydrogens (tertiary/aromatic N) is 2. The first-order valence-electron chi connectivity index (χ1n) is 16.1. The first-order chi connectivity index (χ1) is 22.0. The van der Waals surface area contributed by atoms with E-state index in [-0.39, 0.29) is 27.4 Å². The van der Waals surface area contributed by atoms with Crippen LogP contribution in [0.15, 0.2) is 81.6 Å². The molecule has 4 nitrogen and oxygen atoms in total. The van der Waals surface area contributed by atoms with E-state index in [0.717, 1.165) is 35.0 Å². The van der Waals surface area contributed by atoms with Gasteiger partial charge in [-0.25, -0.2) is 9.97 Å². The summed E-state index contributed by atoms with van der Waals surface area (Å²) in [6.45, 7) is 14.2. The first kappa shape index (κ1) is 30.0. The number of aromatic nitrogens is 2. The molecule has 2 heterocycles. The number of hydrogen-bond acceptors (Lipinski definition) is 4. The van der Waals surface area contributed by atoms with Crippen molar-refractivity contribution in [1.82, 2.24) is 9.97 Å². The Hall–Kier alpha value is -4.39. The van der Waals surface area contributed by atoms with E-state index in [0.29, 0.717) is 22.9 Å². The molecule has 0 saturated heterocycles. The van der Waals surface area contributed by atoms with Crippen LogP contribution in [0, 0.1) is 13.8 Å². The standard InChI is InChI=1S/C40H37F3N2O2/c1-22-8-12-25(13-9-22)38(7,40(41,42)43)26-14-10-24(11-15-26)35-45-32-17-28-30(19-34(32)47-35)39(21-37(28,5)6)20-36(3,4)27-16-31-33(18-29(27)39)46-23(2)44-31/h8-19H,20-21H2,1-7H3. The van der Waals surface area contributed by atoms with Gasteiger partial charge in [-0.1, -0.05) is 69.7 Å². The fourth-order valence-electron chi connectivity index (χ4n) is 8.71. The van der Waals surface area contributed by atoms with Gasteiger partial charge in [0.1, 0.15) is 16.4 Å². The van der Waals surface area contributed by atoms with Gasteiger partial charge in [-0.2, -0.15) is 13.2 Å². The van der Waals surface area contributed by atoms with E-state index in [4.69, 9.17) is 13.8 Å². The first-order valence-corrected chi connectivity index (χ1v) is 16.1. The molecule has 240 valence electrons. The Labute approximate surface area is 272 Å². The number of halogens is 3. The molecule has 0 amide bonds. The lowest BCUT2D eigenvalue weighted by molar-refractivity contribution is -0.173. The molecule has 2 atom stereocenters. The van der Waals surface area contributed by atoms with Gasteiger partial charge in [0.25, 0.3) is 0 Å². The molecule has 2 unspecified atom stereocenters. The third-order valence-electron chi connectivity index (χ3n) is 11.0. The molecule has 0 bridgehead atoms. The van der Waals surface area contributed by atoms with Gasteiger partial charge in [-0.05, 0) is 107 Å². The van der Waals surface area contributed by atoms with Gasteiger partial charge in [0, 0.05) is 17.9 Å². The Kier molecular flexibility index (Phi) is 5.97. The van der Waals surface area contributed by atoms with Gasteiger partial charge in [0.2, 0.25) is 5.89 Å². The third kappa shape index (κ3) is 4.20. The molecule has 0 aliphatic heterocycles. The van der Waals surface area contributed by atoms with Crippen molar-refractivity contribution in [2.75, 3.05) is 0 Å². The zero-order chi connectivity index (χ0) is 33.3. The predicted molar refractivity (Wildman–Crippen MR) is 178 cm³/mol. The lowest BCUT2D eigenvalue weighted by atomic mass is 9.72. The lowest BCUT2D eigenvalue weighted by Gasteiger charge is -2.33. The van der Waals surface area contributed by atoms with Crippen molar-refractivity contribution >= 4 is 22.2 Å². The fraction of sp³-hybridized carbons (Fsp3) is 0.350. The molecule has 2 aliphatic rings. The fourth-order valence-corrected chi connectivity index (χ4v) is 8.71. The molecule has 2 aliphatic carbocycles. The smallest absolute Gasteiger partial charge is 0.402 e. The topological polar surface area (TPSA) is 52.1 Å². The largest absolute Gasteiger partial charge is 0.441 e. The Morgan fingerprint density at radius 3 is 1.66 bits per heavy atom. The second-order valence-corrected chi connectivity index (χ2v) is 15.3. The third-order valence-corrected chi connectivity index (χ3v) is 11.0. The molecule has 7 heteroatoms. The van der Waals surface area contributed by atoms with Crippen LogP contribution < -0.4 is 0 Å². The van der Waals surface area contributed by atoms with Gasteiger partial charge in [0.05, 0.1) is 0 Å². The van der Waals surface area contributed by atoms with Gasteiger partial charge < -0.3 is 8.83 Å². The van der Waals surface area contributed by atoms with Crippen LogP contribution in [0.1, 0.15) is 92.3 Å². The van der Waals surface area contributed by atoms with Gasteiger partial charge in [-0.15, -0.1) is 0 Å². The van der Waals surface area contributed by atoms with Crippen LogP contribution in [0.2, 0.25) is 0 Å². The van der Waals surface area contributed by atoms with E-state index >= 15 is 0 Å². The lowest BCUT2D eigenvalue weighted by Crippen LogP contribution is -2.40. The van der Waals surface area contributed by atoms with Crippen molar-refractivity contribution in [2.24, 2.45) is 0 Å². The number of benzene rings is 4. The van der Waals surface area contributed by atoms with Crippen molar-refractivity contribution in [3.05, 3.63) is 118 Å². The highest BCUT2D eigenvalue weighted by Gasteiger charge is 2.57. The van der Waals surface area contributed by atoms with E-state index in [1.807, 2.05) is 13.8 Å². The average molecular weight is 635 g/mol. The normalized spacial score (nSPS) is 21.0. The number of alkyl halides is 3. The zero-order valence-electron chi connectivity index (χ0n) is 27.7. The minimum atomic E-state index is -4.49. The second kappa shape index (κ2) is 9.36. The summed E-state index contributed by atoms with van der Waals surface area (Å²) >= 11 is 0. The summed E-state index contributed by atoms with van der Waals surface area (Å²) in [5.41, 5.74) is 7.51. The summed E-state index contributed by atoms with van der Waals surface area (Å²) in [5.74, 6) is 1.04. The zero-order valence-corrected chi connectivity index (χ0v) is 27.7. The number of hydrogen-bond donors (Lipinski definition) is 0. The molecule has 4 aromatic carbocycles. The molecule has 1 spiro atoms. The molecular weight excluding hydrogens is 597 g/mol. The van der Waals surface area contributed by atoms with Crippen molar-refractivity contribution in [2.45, 2.75) is 89.1 Å². The van der Waals surface area contributed by atoms with E-state index in [1.54, 1.807) is 48.5 Å². The van der Waals surface area contributed by atoms with Gasteiger partial charge in [0.15, 0.2) is 17.1 Å². The SMILES string of the molecule is Cc1ccc(C(C)(c2ccc(-c3nc4cc5c(cc4o3)C3(CC(C)(C)c4cc6nc(C)oc6cc43)CC5(C)C)cc2)C(F)(F)F)cc1. The Balaban J connectivity index is 1.22. The maximum atomic E-state index is 14.6. The monoisotopic (exact) mass is 634 g/mol. The minimum absolute atomic E-state index is 0.0686. The molecule has 0 N–H and O–H groups in total. The van der Waals surface area contributed by atoms with Crippen LogP contribution in [0.5, 0.6) is 0 Å². The van der Waals surface area contributed by atoms with Crippen LogP contribution in [0.3, 0.4) is 0 Å². The Morgan fingerprint density at radius 2 is 1.13 bits per heavy atom. The van der Waals surface area contributed by atoms with E-state index in [9.17, 15) is 13.2 Å². The van der Waals surface area contributed by atoms with Crippen LogP contribution in [-0.2, 0) is 21.7 Å². The quantitative estimate of drug-likeness (QED) is 0.194. The molecular formula is C40H37F3N2O2. The molecule has 8 rings (SSSR count). The molecule has 0 radical (unpaired) electrons. The summed E-state index contributed by atoms with van der Waals surface area (Å²) in [7, 11) is 0. The summed E-state index contributed by atoms with van der Waals surface area (Å²) in [6, 6.07) is 21.7. The Morgan fingerprint density at radius 1 is 0.638 bits per heavy atom. The summed E-state index contributed by atoms with van der Waals surface area (Å²) in [5, 5.41) is 0. The maximum Gasteiger partial charge on any atom is 0.402 e. The second-order valence-electron chi connectivity index (χ2n) is 15.3. The van der Waals surface area contributed by atoms with Crippen LogP contribution in [0.25, 0.3) is 33.7 Å². The molecule has 2 aromatic heterocycles. The highest BCUT2D eigenvalue weighted by Crippen LogP contribution is 2.63. The average Bonchev–Trinajstić information content (AvgIpc) is 3.70. The molecule has 0 fully saturated rings. The number of aryl methyl sites for hydroxylation is 2. The summed E-state index contributed by atoms with van der Waals surface area (Å²) < 4.78 is 56.3. The number of oxazole rings is 2. The van der Waals surface area contributed by atoms with Crippen LogP contribution in [-0.4, -0.2) is 16.1 Å². The Bertz CT molecular complexity index is 2220. The maximum absolute atomic E-state index is 14.6. The van der Waals surface area contributed by atoms with E-state index in [2.05, 4.69) is 56.9 Å². The van der Waals surface area contributed by atoms with Crippen molar-refractivity contribution < 1.29 is 22.0 Å². The summed E-state index contributed by atoms with van der Waals surface area (Å²) in [4.78, 5) is 9.47. The van der Waals surface area contributed by atoms with Crippen molar-refractivity contribution in [3.63, 3.8) is 0 Å². The van der Waals surface area contributed by atoms with Crippen LogP contribution >= 0.6 is 0 Å². The highest BCUT2D eigenvalue weighted by atomic mass is 19.4. The molecule has 47 heavy (non-hydrogen) atoms. The highest BCUT2D eigenvalue weighted by molar-refractivity contribution is 5.82. The van der Waals surface area contributed by atoms with E-state index in [1.165, 1.54) is 29.2 Å². The molecule has 0 saturated carbocycles. The number of fused-ring (bicyclic) bond motifs is 6.